The van der Waals surface area contributed by atoms with E-state index in [0.29, 0.717) is 22.4 Å². The second-order valence-electron chi connectivity index (χ2n) is 6.07. The highest BCUT2D eigenvalue weighted by molar-refractivity contribution is 6.06. The molecule has 1 saturated carbocycles. The average molecular weight is 303 g/mol. The first kappa shape index (κ1) is 15.0. The molecule has 2 unspecified atom stereocenters. The van der Waals surface area contributed by atoms with Gasteiger partial charge in [0.05, 0.1) is 16.6 Å². The van der Waals surface area contributed by atoms with Crippen LogP contribution in [0.3, 0.4) is 0 Å². The Morgan fingerprint density at radius 3 is 2.95 bits per heavy atom. The van der Waals surface area contributed by atoms with Gasteiger partial charge in [0.15, 0.2) is 0 Å². The molecule has 3 rings (SSSR count). The van der Waals surface area contributed by atoms with Crippen molar-refractivity contribution in [2.45, 2.75) is 45.6 Å². The van der Waals surface area contributed by atoms with Gasteiger partial charge < -0.3 is 14.9 Å². The molecule has 1 fully saturated rings. The lowest BCUT2D eigenvalue weighted by Crippen LogP contribution is -2.43. The van der Waals surface area contributed by atoms with Crippen LogP contribution in [-0.2, 0) is 0 Å². The van der Waals surface area contributed by atoms with E-state index in [1.165, 1.54) is 0 Å². The van der Waals surface area contributed by atoms with Crippen LogP contribution in [0.15, 0.2) is 10.6 Å². The molecule has 2 atom stereocenters. The third-order valence-corrected chi connectivity index (χ3v) is 4.45. The van der Waals surface area contributed by atoms with Gasteiger partial charge in [0.1, 0.15) is 0 Å². The lowest BCUT2D eigenvalue weighted by atomic mass is 9.85. The van der Waals surface area contributed by atoms with Gasteiger partial charge in [0, 0.05) is 24.3 Å². The standard InChI is InChI=1S/C16H21N3O3/c1-9-7-12(14-10(2)19-22-16(14)17-9)15(21)18-13-6-4-3-5-11(13)8-20/h7,11,13,20H,3-6,8H2,1-2H3,(H,18,21). The van der Waals surface area contributed by atoms with Crippen LogP contribution in [0.25, 0.3) is 11.1 Å². The van der Waals surface area contributed by atoms with Gasteiger partial charge in [-0.15, -0.1) is 0 Å². The Hall–Kier alpha value is -1.95. The molecule has 6 nitrogen and oxygen atoms in total. The van der Waals surface area contributed by atoms with Crippen molar-refractivity contribution in [3.05, 3.63) is 23.0 Å². The molecule has 2 aromatic rings. The van der Waals surface area contributed by atoms with Crippen LogP contribution in [-0.4, -0.2) is 33.8 Å². The zero-order chi connectivity index (χ0) is 15.7. The van der Waals surface area contributed by atoms with Gasteiger partial charge >= 0.3 is 0 Å². The lowest BCUT2D eigenvalue weighted by molar-refractivity contribution is 0.0874. The smallest absolute Gasteiger partial charge is 0.258 e. The van der Waals surface area contributed by atoms with Crippen LogP contribution in [0.2, 0.25) is 0 Å². The Balaban J connectivity index is 1.90. The van der Waals surface area contributed by atoms with Gasteiger partial charge in [-0.3, -0.25) is 4.79 Å². The highest BCUT2D eigenvalue weighted by Crippen LogP contribution is 2.26. The van der Waals surface area contributed by atoms with E-state index >= 15 is 0 Å². The number of aliphatic hydroxyl groups is 1. The normalized spacial score (nSPS) is 22.0. The molecule has 0 aliphatic heterocycles. The molecule has 0 spiro atoms. The quantitative estimate of drug-likeness (QED) is 0.906. The van der Waals surface area contributed by atoms with Gasteiger partial charge in [-0.1, -0.05) is 18.0 Å². The number of nitrogens with zero attached hydrogens (tertiary/aromatic N) is 2. The van der Waals surface area contributed by atoms with Crippen molar-refractivity contribution < 1.29 is 14.4 Å². The summed E-state index contributed by atoms with van der Waals surface area (Å²) in [5.74, 6) is -0.00755. The van der Waals surface area contributed by atoms with E-state index in [0.717, 1.165) is 31.4 Å². The van der Waals surface area contributed by atoms with Gasteiger partial charge in [0.25, 0.3) is 11.6 Å². The van der Waals surface area contributed by atoms with Crippen molar-refractivity contribution in [2.24, 2.45) is 5.92 Å². The van der Waals surface area contributed by atoms with E-state index in [4.69, 9.17) is 4.52 Å². The number of amides is 1. The number of hydrogen-bond donors (Lipinski definition) is 2. The lowest BCUT2D eigenvalue weighted by Gasteiger charge is -2.30. The zero-order valence-electron chi connectivity index (χ0n) is 12.9. The second-order valence-corrected chi connectivity index (χ2v) is 6.07. The molecular weight excluding hydrogens is 282 g/mol. The summed E-state index contributed by atoms with van der Waals surface area (Å²) in [5, 5.41) is 17.1. The molecule has 6 heteroatoms. The molecule has 2 N–H and O–H groups in total. The first-order chi connectivity index (χ1) is 10.6. The number of hydrogen-bond acceptors (Lipinski definition) is 5. The first-order valence-corrected chi connectivity index (χ1v) is 7.75. The van der Waals surface area contributed by atoms with Gasteiger partial charge in [-0.25, -0.2) is 4.98 Å². The minimum absolute atomic E-state index is 0.0231. The van der Waals surface area contributed by atoms with Crippen molar-refractivity contribution >= 4 is 17.0 Å². The summed E-state index contributed by atoms with van der Waals surface area (Å²) in [6.45, 7) is 3.74. The van der Waals surface area contributed by atoms with Crippen molar-refractivity contribution in [2.75, 3.05) is 6.61 Å². The number of pyridine rings is 1. The number of aryl methyl sites for hydroxylation is 2. The largest absolute Gasteiger partial charge is 0.396 e. The predicted molar refractivity (Wildman–Crippen MR) is 81.6 cm³/mol. The van der Waals surface area contributed by atoms with E-state index < -0.39 is 0 Å². The molecule has 1 aliphatic carbocycles. The molecule has 22 heavy (non-hydrogen) atoms. The molecule has 0 saturated heterocycles. The van der Waals surface area contributed by atoms with E-state index in [2.05, 4.69) is 15.5 Å². The molecule has 1 aliphatic rings. The van der Waals surface area contributed by atoms with Crippen LogP contribution >= 0.6 is 0 Å². The van der Waals surface area contributed by atoms with Crippen LogP contribution in [0.4, 0.5) is 0 Å². The highest BCUT2D eigenvalue weighted by atomic mass is 16.5. The highest BCUT2D eigenvalue weighted by Gasteiger charge is 2.27. The monoisotopic (exact) mass is 303 g/mol. The number of fused-ring (bicyclic) bond motifs is 1. The van der Waals surface area contributed by atoms with Gasteiger partial charge in [-0.05, 0) is 32.8 Å². The van der Waals surface area contributed by atoms with Crippen LogP contribution in [0, 0.1) is 19.8 Å². The maximum absolute atomic E-state index is 12.7. The summed E-state index contributed by atoms with van der Waals surface area (Å²) in [4.78, 5) is 17.0. The van der Waals surface area contributed by atoms with E-state index in [1.807, 2.05) is 6.92 Å². The Morgan fingerprint density at radius 1 is 1.41 bits per heavy atom. The second kappa shape index (κ2) is 6.04. The Morgan fingerprint density at radius 2 is 2.18 bits per heavy atom. The Bertz CT molecular complexity index is 695. The molecular formula is C16H21N3O3. The summed E-state index contributed by atoms with van der Waals surface area (Å²) in [7, 11) is 0. The molecule has 1 amide bonds. The zero-order valence-corrected chi connectivity index (χ0v) is 12.9. The SMILES string of the molecule is Cc1cc(C(=O)NC2CCCCC2CO)c2c(C)noc2n1. The molecule has 0 bridgehead atoms. The molecule has 0 radical (unpaired) electrons. The maximum Gasteiger partial charge on any atom is 0.258 e. The molecule has 2 heterocycles. The number of aromatic nitrogens is 2. The number of aliphatic hydroxyl groups excluding tert-OH is 1. The molecule has 0 aromatic carbocycles. The van der Waals surface area contributed by atoms with Crippen molar-refractivity contribution in [1.82, 2.24) is 15.5 Å². The van der Waals surface area contributed by atoms with E-state index in [9.17, 15) is 9.90 Å². The fourth-order valence-electron chi connectivity index (χ4n) is 3.26. The van der Waals surface area contributed by atoms with Crippen molar-refractivity contribution in [3.63, 3.8) is 0 Å². The number of rotatable bonds is 3. The average Bonchev–Trinajstić information content (AvgIpc) is 2.88. The van der Waals surface area contributed by atoms with Gasteiger partial charge in [0.2, 0.25) is 0 Å². The maximum atomic E-state index is 12.7. The summed E-state index contributed by atoms with van der Waals surface area (Å²) in [5.41, 5.74) is 2.32. The first-order valence-electron chi connectivity index (χ1n) is 7.75. The fraction of sp³-hybridized carbons (Fsp3) is 0.562. The predicted octanol–water partition coefficient (Wildman–Crippen LogP) is 2.12. The van der Waals surface area contributed by atoms with Crippen molar-refractivity contribution in [1.29, 1.82) is 0 Å². The van der Waals surface area contributed by atoms with Crippen LogP contribution in [0.5, 0.6) is 0 Å². The van der Waals surface area contributed by atoms with E-state index in [-0.39, 0.29) is 24.5 Å². The van der Waals surface area contributed by atoms with Crippen LogP contribution in [0.1, 0.15) is 47.4 Å². The summed E-state index contributed by atoms with van der Waals surface area (Å²) >= 11 is 0. The van der Waals surface area contributed by atoms with E-state index in [1.54, 1.807) is 13.0 Å². The summed E-state index contributed by atoms with van der Waals surface area (Å²) in [6, 6.07) is 1.79. The van der Waals surface area contributed by atoms with Gasteiger partial charge in [-0.2, -0.15) is 0 Å². The number of carbonyl (C=O) groups excluding carboxylic acids is 1. The number of carbonyl (C=O) groups is 1. The Labute approximate surface area is 128 Å². The number of nitrogens with one attached hydrogen (secondary N) is 1. The Kier molecular flexibility index (Phi) is 4.11. The topological polar surface area (TPSA) is 88.2 Å². The van der Waals surface area contributed by atoms with Crippen molar-refractivity contribution in [3.8, 4) is 0 Å². The summed E-state index contributed by atoms with van der Waals surface area (Å²) in [6.07, 6.45) is 4.06. The minimum Gasteiger partial charge on any atom is -0.396 e. The third kappa shape index (κ3) is 2.70. The van der Waals surface area contributed by atoms with Crippen LogP contribution < -0.4 is 5.32 Å². The third-order valence-electron chi connectivity index (χ3n) is 4.45. The minimum atomic E-state index is -0.146. The fourth-order valence-corrected chi connectivity index (χ4v) is 3.26. The molecule has 2 aromatic heterocycles. The molecule has 118 valence electrons. The summed E-state index contributed by atoms with van der Waals surface area (Å²) < 4.78 is 5.17.